The molecule has 1 amide bonds. The van der Waals surface area contributed by atoms with Crippen molar-refractivity contribution in [1.82, 2.24) is 10.2 Å². The third kappa shape index (κ3) is 5.44. The van der Waals surface area contributed by atoms with Gasteiger partial charge < -0.3 is 14.8 Å². The summed E-state index contributed by atoms with van der Waals surface area (Å²) in [4.78, 5) is 24.6. The van der Waals surface area contributed by atoms with Gasteiger partial charge in [0.2, 0.25) is 5.91 Å². The highest BCUT2D eigenvalue weighted by atomic mass is 16.4. The first kappa shape index (κ1) is 16.2. The summed E-state index contributed by atoms with van der Waals surface area (Å²) in [6, 6.07) is 3.65. The summed E-state index contributed by atoms with van der Waals surface area (Å²) in [6.07, 6.45) is 1.55. The van der Waals surface area contributed by atoms with E-state index in [-0.39, 0.29) is 18.5 Å². The molecule has 1 aromatic rings. The highest BCUT2D eigenvalue weighted by Crippen LogP contribution is 2.05. The normalized spacial score (nSPS) is 12.7. The van der Waals surface area contributed by atoms with E-state index in [0.717, 1.165) is 0 Å². The third-order valence-electron chi connectivity index (χ3n) is 3.05. The maximum Gasteiger partial charge on any atom is 0.307 e. The van der Waals surface area contributed by atoms with Crippen molar-refractivity contribution in [2.75, 3.05) is 13.1 Å². The number of rotatable bonds is 8. The van der Waals surface area contributed by atoms with Gasteiger partial charge in [0.25, 0.3) is 0 Å². The first-order chi connectivity index (χ1) is 9.40. The van der Waals surface area contributed by atoms with Crippen molar-refractivity contribution in [1.29, 1.82) is 0 Å². The average molecular weight is 282 g/mol. The molecule has 0 saturated heterocycles. The van der Waals surface area contributed by atoms with Gasteiger partial charge in [-0.2, -0.15) is 0 Å². The molecule has 112 valence electrons. The minimum atomic E-state index is -0.855. The van der Waals surface area contributed by atoms with Crippen molar-refractivity contribution in [3.63, 3.8) is 0 Å². The molecule has 1 atom stereocenters. The molecule has 6 nitrogen and oxygen atoms in total. The summed E-state index contributed by atoms with van der Waals surface area (Å²) in [7, 11) is 0. The Kier molecular flexibility index (Phi) is 6.24. The molecule has 0 aliphatic heterocycles. The van der Waals surface area contributed by atoms with Crippen molar-refractivity contribution < 1.29 is 19.1 Å². The summed E-state index contributed by atoms with van der Waals surface area (Å²) < 4.78 is 5.13. The lowest BCUT2D eigenvalue weighted by atomic mass is 10.1. The van der Waals surface area contributed by atoms with E-state index in [0.29, 0.717) is 18.8 Å². The third-order valence-corrected chi connectivity index (χ3v) is 3.05. The number of amides is 1. The summed E-state index contributed by atoms with van der Waals surface area (Å²) in [5, 5.41) is 11.7. The molecule has 0 saturated carbocycles. The largest absolute Gasteiger partial charge is 0.481 e. The zero-order valence-electron chi connectivity index (χ0n) is 12.1. The molecule has 2 N–H and O–H groups in total. The summed E-state index contributed by atoms with van der Waals surface area (Å²) in [5.74, 6) is -0.817. The number of hydrogen-bond donors (Lipinski definition) is 2. The van der Waals surface area contributed by atoms with Crippen molar-refractivity contribution in [2.24, 2.45) is 5.92 Å². The number of nitrogens with zero attached hydrogens (tertiary/aromatic N) is 1. The molecule has 0 aliphatic rings. The Labute approximate surface area is 118 Å². The van der Waals surface area contributed by atoms with Gasteiger partial charge in [0.15, 0.2) is 0 Å². The van der Waals surface area contributed by atoms with Crippen molar-refractivity contribution in [2.45, 2.75) is 33.4 Å². The van der Waals surface area contributed by atoms with Gasteiger partial charge in [0.05, 0.1) is 25.3 Å². The van der Waals surface area contributed by atoms with Gasteiger partial charge >= 0.3 is 5.97 Å². The van der Waals surface area contributed by atoms with Crippen LogP contribution in [-0.4, -0.2) is 41.0 Å². The van der Waals surface area contributed by atoms with E-state index in [1.807, 2.05) is 18.7 Å². The molecule has 0 fully saturated rings. The number of furan rings is 1. The molecule has 0 aliphatic carbocycles. The maximum atomic E-state index is 11.9. The van der Waals surface area contributed by atoms with Crippen LogP contribution < -0.4 is 5.32 Å². The van der Waals surface area contributed by atoms with E-state index in [4.69, 9.17) is 9.52 Å². The first-order valence-corrected chi connectivity index (χ1v) is 6.66. The number of hydrogen-bond acceptors (Lipinski definition) is 4. The Morgan fingerprint density at radius 2 is 2.10 bits per heavy atom. The molecule has 1 unspecified atom stereocenters. The molecule has 0 bridgehead atoms. The van der Waals surface area contributed by atoms with Crippen LogP contribution in [0.1, 0.15) is 26.5 Å². The van der Waals surface area contributed by atoms with Crippen LogP contribution in [0.25, 0.3) is 0 Å². The van der Waals surface area contributed by atoms with E-state index in [9.17, 15) is 9.59 Å². The smallest absolute Gasteiger partial charge is 0.307 e. The Hall–Kier alpha value is -1.82. The topological polar surface area (TPSA) is 82.8 Å². The Morgan fingerprint density at radius 3 is 2.60 bits per heavy atom. The Balaban J connectivity index is 2.44. The first-order valence-electron chi connectivity index (χ1n) is 6.66. The van der Waals surface area contributed by atoms with Crippen molar-refractivity contribution >= 4 is 11.9 Å². The van der Waals surface area contributed by atoms with Gasteiger partial charge in [-0.1, -0.05) is 6.92 Å². The van der Waals surface area contributed by atoms with Gasteiger partial charge in [0, 0.05) is 12.6 Å². The molecule has 0 radical (unpaired) electrons. The highest BCUT2D eigenvalue weighted by molar-refractivity contribution is 5.78. The fourth-order valence-corrected chi connectivity index (χ4v) is 1.73. The zero-order valence-corrected chi connectivity index (χ0v) is 12.1. The maximum absolute atomic E-state index is 11.9. The molecule has 1 aromatic heterocycles. The zero-order chi connectivity index (χ0) is 15.1. The van der Waals surface area contributed by atoms with Gasteiger partial charge in [-0.3, -0.25) is 14.5 Å². The standard InChI is InChI=1S/C14H22N2O4/c1-10(2)16(8-11(3)14(18)19)9-13(17)15-7-12-5-4-6-20-12/h4-6,10-11H,7-9H2,1-3H3,(H,15,17)(H,18,19). The molecular formula is C14H22N2O4. The van der Waals surface area contributed by atoms with Crippen LogP contribution in [0.15, 0.2) is 22.8 Å². The second kappa shape index (κ2) is 7.69. The van der Waals surface area contributed by atoms with E-state index in [1.54, 1.807) is 25.3 Å². The lowest BCUT2D eigenvalue weighted by Gasteiger charge is -2.27. The average Bonchev–Trinajstić information content (AvgIpc) is 2.88. The van der Waals surface area contributed by atoms with E-state index in [2.05, 4.69) is 5.32 Å². The molecule has 0 aromatic carbocycles. The minimum absolute atomic E-state index is 0.103. The second-order valence-corrected chi connectivity index (χ2v) is 5.12. The van der Waals surface area contributed by atoms with Crippen LogP contribution in [0.3, 0.4) is 0 Å². The number of carboxylic acids is 1. The van der Waals surface area contributed by atoms with Gasteiger partial charge in [-0.05, 0) is 26.0 Å². The predicted octanol–water partition coefficient (Wildman–Crippen LogP) is 1.33. The number of carbonyl (C=O) groups is 2. The van der Waals surface area contributed by atoms with Crippen LogP contribution in [0.4, 0.5) is 0 Å². The van der Waals surface area contributed by atoms with E-state index in [1.165, 1.54) is 0 Å². The summed E-state index contributed by atoms with van der Waals surface area (Å²) in [6.45, 7) is 6.38. The molecule has 20 heavy (non-hydrogen) atoms. The molecule has 1 rings (SSSR count). The van der Waals surface area contributed by atoms with Gasteiger partial charge in [-0.15, -0.1) is 0 Å². The van der Waals surface area contributed by atoms with Crippen LogP contribution in [0.5, 0.6) is 0 Å². The van der Waals surface area contributed by atoms with Crippen molar-refractivity contribution in [3.8, 4) is 0 Å². The van der Waals surface area contributed by atoms with Crippen LogP contribution >= 0.6 is 0 Å². The van der Waals surface area contributed by atoms with Gasteiger partial charge in [-0.25, -0.2) is 0 Å². The van der Waals surface area contributed by atoms with Crippen LogP contribution in [0, 0.1) is 5.92 Å². The molecule has 1 heterocycles. The number of carbonyl (C=O) groups excluding carboxylic acids is 1. The molecular weight excluding hydrogens is 260 g/mol. The van der Waals surface area contributed by atoms with Gasteiger partial charge in [0.1, 0.15) is 5.76 Å². The Bertz CT molecular complexity index is 428. The van der Waals surface area contributed by atoms with Crippen LogP contribution in [-0.2, 0) is 16.1 Å². The fourth-order valence-electron chi connectivity index (χ4n) is 1.73. The summed E-state index contributed by atoms with van der Waals surface area (Å²) in [5.41, 5.74) is 0. The fraction of sp³-hybridized carbons (Fsp3) is 0.571. The number of aliphatic carboxylic acids is 1. The van der Waals surface area contributed by atoms with Crippen LogP contribution in [0.2, 0.25) is 0 Å². The molecule has 0 spiro atoms. The number of nitrogens with one attached hydrogen (secondary N) is 1. The number of carboxylic acid groups (broad SMARTS) is 1. The van der Waals surface area contributed by atoms with E-state index >= 15 is 0 Å². The van der Waals surface area contributed by atoms with Crippen molar-refractivity contribution in [3.05, 3.63) is 24.2 Å². The lowest BCUT2D eigenvalue weighted by molar-refractivity contribution is -0.142. The SMILES string of the molecule is CC(CN(CC(=O)NCc1ccco1)C(C)C)C(=O)O. The van der Waals surface area contributed by atoms with E-state index < -0.39 is 11.9 Å². The minimum Gasteiger partial charge on any atom is -0.481 e. The lowest BCUT2D eigenvalue weighted by Crippen LogP contribution is -2.43. The second-order valence-electron chi connectivity index (χ2n) is 5.12. The highest BCUT2D eigenvalue weighted by Gasteiger charge is 2.20. The quantitative estimate of drug-likeness (QED) is 0.751. The molecule has 6 heteroatoms. The predicted molar refractivity (Wildman–Crippen MR) is 74.1 cm³/mol. The monoisotopic (exact) mass is 282 g/mol. The summed E-state index contributed by atoms with van der Waals surface area (Å²) >= 11 is 0. The Morgan fingerprint density at radius 1 is 1.40 bits per heavy atom.